The fourth-order valence-electron chi connectivity index (χ4n) is 1.40. The van der Waals surface area contributed by atoms with Gasteiger partial charge in [0, 0.05) is 5.56 Å². The number of carboxylic acid groups (broad SMARTS) is 1. The number of benzene rings is 1. The highest BCUT2D eigenvalue weighted by Crippen LogP contribution is 2.27. The Hall–Kier alpha value is -2.24. The quantitative estimate of drug-likeness (QED) is 0.427. The molecule has 0 bridgehead atoms. The molecule has 0 radical (unpaired) electrons. The number of unbranched alkanes of at least 4 members (excludes halogenated alkanes) is 1. The smallest absolute Gasteiger partial charge is 0.344 e. The number of hydrogen-bond acceptors (Lipinski definition) is 5. The van der Waals surface area contributed by atoms with Crippen LogP contribution in [-0.2, 0) is 9.63 Å². The minimum Gasteiger partial charge on any atom is -0.493 e. The van der Waals surface area contributed by atoms with E-state index in [-0.39, 0.29) is 0 Å². The molecule has 0 aromatic heterocycles. The van der Waals surface area contributed by atoms with Crippen LogP contribution in [0, 0.1) is 0 Å². The molecule has 0 aliphatic rings. The molecule has 0 amide bonds. The number of methoxy groups -OCH3 is 1. The average molecular weight is 281 g/mol. The molecule has 20 heavy (non-hydrogen) atoms. The second kappa shape index (κ2) is 8.79. The highest BCUT2D eigenvalue weighted by Gasteiger charge is 2.05. The number of aliphatic carboxylic acids is 1. The fraction of sp³-hybridized carbons (Fsp3) is 0.429. The Morgan fingerprint density at radius 3 is 2.85 bits per heavy atom. The molecule has 0 saturated heterocycles. The first kappa shape index (κ1) is 15.8. The number of ether oxygens (including phenoxy) is 2. The van der Waals surface area contributed by atoms with Crippen LogP contribution in [0.15, 0.2) is 23.4 Å². The minimum absolute atomic E-state index is 0.466. The van der Waals surface area contributed by atoms with E-state index in [4.69, 9.17) is 14.6 Å². The Morgan fingerprint density at radius 2 is 2.20 bits per heavy atom. The van der Waals surface area contributed by atoms with Crippen LogP contribution in [0.1, 0.15) is 25.3 Å². The fourth-order valence-corrected chi connectivity index (χ4v) is 1.40. The van der Waals surface area contributed by atoms with Crippen molar-refractivity contribution in [3.63, 3.8) is 0 Å². The predicted molar refractivity (Wildman–Crippen MR) is 74.6 cm³/mol. The topological polar surface area (TPSA) is 77.4 Å². The molecule has 0 fully saturated rings. The van der Waals surface area contributed by atoms with Gasteiger partial charge in [0.15, 0.2) is 11.5 Å². The Labute approximate surface area is 117 Å². The van der Waals surface area contributed by atoms with E-state index in [2.05, 4.69) is 16.9 Å². The van der Waals surface area contributed by atoms with E-state index in [1.165, 1.54) is 6.21 Å². The Kier molecular flexibility index (Phi) is 6.95. The largest absolute Gasteiger partial charge is 0.493 e. The van der Waals surface area contributed by atoms with Gasteiger partial charge in [0.2, 0.25) is 6.61 Å². The second-order valence-corrected chi connectivity index (χ2v) is 4.01. The molecule has 0 saturated carbocycles. The molecule has 0 spiro atoms. The van der Waals surface area contributed by atoms with Crippen LogP contribution in [0.2, 0.25) is 0 Å². The average Bonchev–Trinajstić information content (AvgIpc) is 2.44. The van der Waals surface area contributed by atoms with Crippen LogP contribution in [0.3, 0.4) is 0 Å². The summed E-state index contributed by atoms with van der Waals surface area (Å²) in [6, 6.07) is 5.32. The standard InChI is InChI=1S/C14H19NO5/c1-3-4-7-19-12-6-5-11(8-13(12)18-2)9-15-20-10-14(16)17/h5-6,8-9H,3-4,7,10H2,1-2H3,(H,16,17). The van der Waals surface area contributed by atoms with Crippen molar-refractivity contribution in [2.45, 2.75) is 19.8 Å². The number of oxime groups is 1. The van der Waals surface area contributed by atoms with Crippen molar-refractivity contribution in [2.75, 3.05) is 20.3 Å². The Bertz CT molecular complexity index is 459. The molecule has 1 aromatic carbocycles. The summed E-state index contributed by atoms with van der Waals surface area (Å²) in [7, 11) is 1.56. The monoisotopic (exact) mass is 281 g/mol. The molecule has 0 heterocycles. The molecule has 6 nitrogen and oxygen atoms in total. The zero-order chi connectivity index (χ0) is 14.8. The molecule has 1 N–H and O–H groups in total. The third kappa shape index (κ3) is 5.60. The number of nitrogens with zero attached hydrogens (tertiary/aromatic N) is 1. The third-order valence-electron chi connectivity index (χ3n) is 2.41. The lowest BCUT2D eigenvalue weighted by atomic mass is 10.2. The van der Waals surface area contributed by atoms with Gasteiger partial charge in [0.25, 0.3) is 0 Å². The van der Waals surface area contributed by atoms with E-state index in [9.17, 15) is 4.79 Å². The van der Waals surface area contributed by atoms with Crippen LogP contribution >= 0.6 is 0 Å². The van der Waals surface area contributed by atoms with Crippen molar-refractivity contribution >= 4 is 12.2 Å². The van der Waals surface area contributed by atoms with Crippen LogP contribution in [0.25, 0.3) is 0 Å². The van der Waals surface area contributed by atoms with Gasteiger partial charge < -0.3 is 19.4 Å². The van der Waals surface area contributed by atoms with Crippen molar-refractivity contribution < 1.29 is 24.2 Å². The predicted octanol–water partition coefficient (Wildman–Crippen LogP) is 2.31. The zero-order valence-corrected chi connectivity index (χ0v) is 11.7. The SMILES string of the molecule is CCCCOc1ccc(C=NOCC(=O)O)cc1OC. The summed E-state index contributed by atoms with van der Waals surface area (Å²) in [6.45, 7) is 2.27. The van der Waals surface area contributed by atoms with Crippen molar-refractivity contribution in [3.05, 3.63) is 23.8 Å². The zero-order valence-electron chi connectivity index (χ0n) is 11.7. The van der Waals surface area contributed by atoms with E-state index in [1.807, 2.05) is 0 Å². The molecule has 0 atom stereocenters. The molecule has 0 unspecified atom stereocenters. The van der Waals surface area contributed by atoms with Crippen molar-refractivity contribution in [1.82, 2.24) is 0 Å². The van der Waals surface area contributed by atoms with Gasteiger partial charge in [0.1, 0.15) is 0 Å². The van der Waals surface area contributed by atoms with Crippen LogP contribution in [0.4, 0.5) is 0 Å². The summed E-state index contributed by atoms with van der Waals surface area (Å²) in [5.41, 5.74) is 0.732. The molecular formula is C14H19NO5. The minimum atomic E-state index is -1.07. The highest BCUT2D eigenvalue weighted by atomic mass is 16.6. The van der Waals surface area contributed by atoms with Gasteiger partial charge in [-0.2, -0.15) is 0 Å². The number of carbonyl (C=O) groups is 1. The van der Waals surface area contributed by atoms with E-state index < -0.39 is 12.6 Å². The normalized spacial score (nSPS) is 10.5. The van der Waals surface area contributed by atoms with Crippen molar-refractivity contribution in [2.24, 2.45) is 5.16 Å². The number of rotatable bonds is 9. The number of carboxylic acids is 1. The first-order chi connectivity index (χ1) is 9.67. The third-order valence-corrected chi connectivity index (χ3v) is 2.41. The highest BCUT2D eigenvalue weighted by molar-refractivity contribution is 5.80. The van der Waals surface area contributed by atoms with Gasteiger partial charge in [0.05, 0.1) is 19.9 Å². The molecule has 1 rings (SSSR count). The van der Waals surface area contributed by atoms with Gasteiger partial charge in [-0.3, -0.25) is 0 Å². The molecule has 110 valence electrons. The Morgan fingerprint density at radius 1 is 1.40 bits per heavy atom. The van der Waals surface area contributed by atoms with Crippen LogP contribution < -0.4 is 9.47 Å². The van der Waals surface area contributed by atoms with E-state index in [0.717, 1.165) is 18.4 Å². The van der Waals surface area contributed by atoms with Crippen LogP contribution in [-0.4, -0.2) is 37.6 Å². The maximum Gasteiger partial charge on any atom is 0.344 e. The van der Waals surface area contributed by atoms with Crippen molar-refractivity contribution in [3.8, 4) is 11.5 Å². The summed E-state index contributed by atoms with van der Waals surface area (Å²) in [6.07, 6.45) is 3.46. The summed E-state index contributed by atoms with van der Waals surface area (Å²) >= 11 is 0. The lowest BCUT2D eigenvalue weighted by molar-refractivity contribution is -0.142. The molecular weight excluding hydrogens is 262 g/mol. The van der Waals surface area contributed by atoms with Crippen LogP contribution in [0.5, 0.6) is 11.5 Å². The van der Waals surface area contributed by atoms with Gasteiger partial charge in [-0.1, -0.05) is 18.5 Å². The van der Waals surface area contributed by atoms with E-state index in [0.29, 0.717) is 18.1 Å². The summed E-state index contributed by atoms with van der Waals surface area (Å²) in [4.78, 5) is 14.8. The summed E-state index contributed by atoms with van der Waals surface area (Å²) < 4.78 is 10.8. The molecule has 1 aromatic rings. The van der Waals surface area contributed by atoms with Gasteiger partial charge in [-0.15, -0.1) is 0 Å². The van der Waals surface area contributed by atoms with Gasteiger partial charge >= 0.3 is 5.97 Å². The molecule has 0 aliphatic heterocycles. The lowest BCUT2D eigenvalue weighted by Crippen LogP contribution is -2.03. The first-order valence-corrected chi connectivity index (χ1v) is 6.35. The second-order valence-electron chi connectivity index (χ2n) is 4.01. The van der Waals surface area contributed by atoms with E-state index in [1.54, 1.807) is 25.3 Å². The van der Waals surface area contributed by atoms with Gasteiger partial charge in [-0.25, -0.2) is 4.79 Å². The first-order valence-electron chi connectivity index (χ1n) is 6.35. The van der Waals surface area contributed by atoms with E-state index >= 15 is 0 Å². The lowest BCUT2D eigenvalue weighted by Gasteiger charge is -2.10. The molecule has 0 aliphatic carbocycles. The van der Waals surface area contributed by atoms with Gasteiger partial charge in [-0.05, 0) is 24.6 Å². The Balaban J connectivity index is 2.63. The summed E-state index contributed by atoms with van der Waals surface area (Å²) in [5.74, 6) is 0.201. The maximum atomic E-state index is 10.2. The maximum absolute atomic E-state index is 10.2. The molecule has 6 heteroatoms. The summed E-state index contributed by atoms with van der Waals surface area (Å²) in [5, 5.41) is 12.0. The van der Waals surface area contributed by atoms with Crippen molar-refractivity contribution in [1.29, 1.82) is 0 Å². The number of hydrogen-bond donors (Lipinski definition) is 1.